The number of ether oxygens (including phenoxy) is 1. The minimum absolute atomic E-state index is 0.0412. The van der Waals surface area contributed by atoms with E-state index < -0.39 is 22.0 Å². The molecule has 0 saturated heterocycles. The Morgan fingerprint density at radius 3 is 2.17 bits per heavy atom. The van der Waals surface area contributed by atoms with Crippen molar-refractivity contribution in [2.24, 2.45) is 0 Å². The zero-order valence-electron chi connectivity index (χ0n) is 13.2. The van der Waals surface area contributed by atoms with Crippen molar-refractivity contribution in [3.63, 3.8) is 0 Å². The van der Waals surface area contributed by atoms with Crippen LogP contribution < -0.4 is 15.0 Å². The van der Waals surface area contributed by atoms with E-state index in [9.17, 15) is 18.3 Å². The lowest BCUT2D eigenvalue weighted by Crippen LogP contribution is -2.42. The average Bonchev–Trinajstić information content (AvgIpc) is 2.55. The van der Waals surface area contributed by atoms with Crippen molar-refractivity contribution in [1.82, 2.24) is 10.3 Å². The van der Waals surface area contributed by atoms with Crippen LogP contribution in [0.15, 0.2) is 53.4 Å². The van der Waals surface area contributed by atoms with Crippen LogP contribution in [-0.4, -0.2) is 26.6 Å². The van der Waals surface area contributed by atoms with Crippen molar-refractivity contribution in [2.45, 2.75) is 17.9 Å². The highest BCUT2D eigenvalue weighted by Gasteiger charge is 2.22. The zero-order chi connectivity index (χ0) is 17.7. The maximum absolute atomic E-state index is 12.2. The van der Waals surface area contributed by atoms with E-state index >= 15 is 0 Å². The van der Waals surface area contributed by atoms with Gasteiger partial charge in [0.2, 0.25) is 0 Å². The van der Waals surface area contributed by atoms with Crippen LogP contribution in [0.1, 0.15) is 17.2 Å². The van der Waals surface area contributed by atoms with Gasteiger partial charge in [-0.2, -0.15) is 0 Å². The van der Waals surface area contributed by atoms with Crippen LogP contribution in [0.3, 0.4) is 0 Å². The number of hydrogen-bond donors (Lipinski definition) is 3. The molecule has 0 aliphatic rings. The van der Waals surface area contributed by atoms with Crippen molar-refractivity contribution >= 4 is 16.0 Å². The molecular formula is C16H18N2O5S. The van der Waals surface area contributed by atoms with Gasteiger partial charge >= 0.3 is 5.97 Å². The number of rotatable bonds is 7. The fourth-order valence-corrected chi connectivity index (χ4v) is 2.88. The standard InChI is InChI=1S/C16H18N2O5S/c1-11-3-9-14(10-4-11)24(21,22)18-17-15(16(19)20)12-5-7-13(23-2)8-6-12/h3-10,15,17-18H,1-2H3,(H,19,20). The molecule has 128 valence electrons. The fraction of sp³-hybridized carbons (Fsp3) is 0.188. The van der Waals surface area contributed by atoms with Gasteiger partial charge in [-0.25, -0.2) is 13.8 Å². The summed E-state index contributed by atoms with van der Waals surface area (Å²) < 4.78 is 29.4. The molecule has 0 fully saturated rings. The van der Waals surface area contributed by atoms with Gasteiger partial charge in [-0.1, -0.05) is 29.8 Å². The Morgan fingerprint density at radius 1 is 1.08 bits per heavy atom. The summed E-state index contributed by atoms with van der Waals surface area (Å²) in [6.07, 6.45) is 0. The summed E-state index contributed by atoms with van der Waals surface area (Å²) in [5.74, 6) is -0.644. The zero-order valence-corrected chi connectivity index (χ0v) is 14.0. The number of hydrogen-bond acceptors (Lipinski definition) is 5. The number of benzene rings is 2. The second-order valence-electron chi connectivity index (χ2n) is 5.11. The molecule has 0 spiro atoms. The van der Waals surface area contributed by atoms with Crippen LogP contribution in [0.2, 0.25) is 0 Å². The lowest BCUT2D eigenvalue weighted by Gasteiger charge is -2.16. The molecule has 2 aromatic rings. The summed E-state index contributed by atoms with van der Waals surface area (Å²) in [5.41, 5.74) is 3.65. The number of carbonyl (C=O) groups is 1. The van der Waals surface area contributed by atoms with Crippen LogP contribution in [0.4, 0.5) is 0 Å². The summed E-state index contributed by atoms with van der Waals surface area (Å²) >= 11 is 0. The lowest BCUT2D eigenvalue weighted by molar-refractivity contribution is -0.139. The van der Waals surface area contributed by atoms with Gasteiger partial charge in [0.25, 0.3) is 10.0 Å². The van der Waals surface area contributed by atoms with E-state index in [1.807, 2.05) is 6.92 Å². The molecule has 0 heterocycles. The minimum atomic E-state index is -3.88. The van der Waals surface area contributed by atoms with Gasteiger partial charge in [0.15, 0.2) is 0 Å². The monoisotopic (exact) mass is 350 g/mol. The van der Waals surface area contributed by atoms with Crippen LogP contribution in [0, 0.1) is 6.92 Å². The quantitative estimate of drug-likeness (QED) is 0.655. The molecule has 1 unspecified atom stereocenters. The van der Waals surface area contributed by atoms with Crippen LogP contribution >= 0.6 is 0 Å². The van der Waals surface area contributed by atoms with Crippen molar-refractivity contribution in [2.75, 3.05) is 7.11 Å². The Labute approximate surface area is 140 Å². The molecule has 0 radical (unpaired) electrons. The molecule has 0 saturated carbocycles. The molecule has 1 atom stereocenters. The fourth-order valence-electron chi connectivity index (χ4n) is 2.00. The smallest absolute Gasteiger partial charge is 0.326 e. The lowest BCUT2D eigenvalue weighted by atomic mass is 10.1. The average molecular weight is 350 g/mol. The summed E-state index contributed by atoms with van der Waals surface area (Å²) in [4.78, 5) is 13.6. The van der Waals surface area contributed by atoms with E-state index in [0.29, 0.717) is 11.3 Å². The summed E-state index contributed by atoms with van der Waals surface area (Å²) in [5, 5.41) is 9.33. The number of aliphatic carboxylic acids is 1. The number of sulfonamides is 1. The molecular weight excluding hydrogens is 332 g/mol. The Bertz CT molecular complexity index is 801. The maximum Gasteiger partial charge on any atom is 0.326 e. The minimum Gasteiger partial charge on any atom is -0.497 e. The van der Waals surface area contributed by atoms with Crippen molar-refractivity contribution in [3.05, 3.63) is 59.7 Å². The molecule has 0 aromatic heterocycles. The van der Waals surface area contributed by atoms with Crippen molar-refractivity contribution in [3.8, 4) is 5.75 Å². The third-order valence-corrected chi connectivity index (χ3v) is 4.64. The Hall–Kier alpha value is -2.42. The molecule has 8 heteroatoms. The van der Waals surface area contributed by atoms with E-state index in [2.05, 4.69) is 10.3 Å². The second kappa shape index (κ2) is 7.43. The largest absolute Gasteiger partial charge is 0.497 e. The van der Waals surface area contributed by atoms with Gasteiger partial charge in [-0.3, -0.25) is 4.79 Å². The molecule has 0 bridgehead atoms. The molecule has 0 aliphatic heterocycles. The molecule has 0 aliphatic carbocycles. The van der Waals surface area contributed by atoms with Crippen LogP contribution in [0.25, 0.3) is 0 Å². The predicted molar refractivity (Wildman–Crippen MR) is 88.0 cm³/mol. The van der Waals surface area contributed by atoms with Gasteiger partial charge in [0.1, 0.15) is 11.8 Å². The van der Waals surface area contributed by atoms with E-state index in [-0.39, 0.29) is 4.90 Å². The first kappa shape index (κ1) is 17.9. The molecule has 2 rings (SSSR count). The first-order valence-corrected chi connectivity index (χ1v) is 8.52. The predicted octanol–water partition coefficient (Wildman–Crippen LogP) is 1.61. The highest BCUT2D eigenvalue weighted by molar-refractivity contribution is 7.89. The topological polar surface area (TPSA) is 105 Å². The summed E-state index contributed by atoms with van der Waals surface area (Å²) in [6.45, 7) is 1.84. The summed E-state index contributed by atoms with van der Waals surface area (Å²) in [6, 6.07) is 11.3. The third kappa shape index (κ3) is 4.31. The SMILES string of the molecule is COc1ccc(C(NNS(=O)(=O)c2ccc(C)cc2)C(=O)O)cc1. The number of hydrazine groups is 1. The number of carboxylic acids is 1. The van der Waals surface area contributed by atoms with E-state index in [4.69, 9.17) is 4.74 Å². The van der Waals surface area contributed by atoms with E-state index in [0.717, 1.165) is 5.56 Å². The van der Waals surface area contributed by atoms with Crippen molar-refractivity contribution in [1.29, 1.82) is 0 Å². The first-order valence-electron chi connectivity index (χ1n) is 7.04. The van der Waals surface area contributed by atoms with Gasteiger partial charge in [-0.15, -0.1) is 4.83 Å². The van der Waals surface area contributed by atoms with E-state index in [1.165, 1.54) is 19.2 Å². The second-order valence-corrected chi connectivity index (χ2v) is 6.79. The molecule has 3 N–H and O–H groups in total. The van der Waals surface area contributed by atoms with Crippen LogP contribution in [-0.2, 0) is 14.8 Å². The number of aryl methyl sites for hydroxylation is 1. The van der Waals surface area contributed by atoms with Crippen LogP contribution in [0.5, 0.6) is 5.75 Å². The van der Waals surface area contributed by atoms with Gasteiger partial charge in [-0.05, 0) is 36.8 Å². The third-order valence-electron chi connectivity index (χ3n) is 3.36. The Kier molecular flexibility index (Phi) is 5.55. The van der Waals surface area contributed by atoms with Crippen molar-refractivity contribution < 1.29 is 23.1 Å². The highest BCUT2D eigenvalue weighted by Crippen LogP contribution is 2.18. The molecule has 0 amide bonds. The Morgan fingerprint density at radius 2 is 1.67 bits per heavy atom. The number of carboxylic acid groups (broad SMARTS) is 1. The normalized spacial score (nSPS) is 12.6. The molecule has 7 nitrogen and oxygen atoms in total. The highest BCUT2D eigenvalue weighted by atomic mass is 32.2. The molecule has 24 heavy (non-hydrogen) atoms. The van der Waals surface area contributed by atoms with Gasteiger partial charge < -0.3 is 9.84 Å². The Balaban J connectivity index is 2.16. The number of methoxy groups -OCH3 is 1. The number of nitrogens with one attached hydrogen (secondary N) is 2. The summed E-state index contributed by atoms with van der Waals surface area (Å²) in [7, 11) is -2.38. The maximum atomic E-state index is 12.2. The first-order chi connectivity index (χ1) is 11.3. The van der Waals surface area contributed by atoms with E-state index in [1.54, 1.807) is 36.4 Å². The molecule has 2 aromatic carbocycles. The van der Waals surface area contributed by atoms with Gasteiger partial charge in [0, 0.05) is 0 Å². The van der Waals surface area contributed by atoms with Gasteiger partial charge in [0.05, 0.1) is 12.0 Å².